The number of carbonyl (C=O) groups excluding carboxylic acids is 2. The van der Waals surface area contributed by atoms with Crippen LogP contribution in [0.5, 0.6) is 0 Å². The molecule has 0 spiro atoms. The summed E-state index contributed by atoms with van der Waals surface area (Å²) in [6.45, 7) is 7.78. The zero-order valence-corrected chi connectivity index (χ0v) is 26.8. The summed E-state index contributed by atoms with van der Waals surface area (Å²) >= 11 is 1.85. The summed E-state index contributed by atoms with van der Waals surface area (Å²) in [7, 11) is 0. The number of rotatable bonds is 13. The molecule has 0 radical (unpaired) electrons. The topological polar surface area (TPSA) is 190 Å². The number of amides is 2. The largest absolute Gasteiger partial charge is 0.481 e. The molecule has 2 saturated heterocycles. The summed E-state index contributed by atoms with van der Waals surface area (Å²) in [6.07, 6.45) is 6.42. The van der Waals surface area contributed by atoms with E-state index in [1.54, 1.807) is 6.08 Å². The molecule has 0 aromatic carbocycles. The van der Waals surface area contributed by atoms with Crippen LogP contribution < -0.4 is 16.4 Å². The Morgan fingerprint density at radius 3 is 2.20 bits per heavy atom. The van der Waals surface area contributed by atoms with Gasteiger partial charge in [-0.25, -0.2) is 0 Å². The van der Waals surface area contributed by atoms with Gasteiger partial charge < -0.3 is 36.5 Å². The molecule has 0 aliphatic carbocycles. The van der Waals surface area contributed by atoms with E-state index < -0.39 is 11.9 Å². The van der Waals surface area contributed by atoms with Crippen LogP contribution in [0.2, 0.25) is 0 Å². The number of nitrogens with two attached hydrogens (primary N) is 1. The second-order valence-electron chi connectivity index (χ2n) is 12.2. The van der Waals surface area contributed by atoms with E-state index in [4.69, 9.17) is 5.73 Å². The van der Waals surface area contributed by atoms with E-state index in [9.17, 15) is 29.4 Å². The van der Waals surface area contributed by atoms with Crippen LogP contribution >= 0.6 is 11.8 Å². The molecule has 2 fully saturated rings. The van der Waals surface area contributed by atoms with E-state index in [0.29, 0.717) is 36.5 Å². The Balaban J connectivity index is 1.51. The summed E-state index contributed by atoms with van der Waals surface area (Å²) < 4.78 is 0. The number of aromatic amines is 2. The maximum Gasteiger partial charge on any atom is 0.303 e. The fraction of sp³-hybridized carbons (Fsp3) is 0.455. The third-order valence-corrected chi connectivity index (χ3v) is 10.4. The number of aliphatic carboxylic acids is 2. The van der Waals surface area contributed by atoms with E-state index in [-0.39, 0.29) is 42.5 Å². The monoisotopic (exact) mass is 635 g/mol. The van der Waals surface area contributed by atoms with Crippen molar-refractivity contribution in [2.45, 2.75) is 77.5 Å². The van der Waals surface area contributed by atoms with Crippen LogP contribution in [0.4, 0.5) is 0 Å². The van der Waals surface area contributed by atoms with Crippen molar-refractivity contribution < 1.29 is 29.4 Å². The normalized spacial score (nSPS) is 23.8. The highest BCUT2D eigenvalue weighted by Crippen LogP contribution is 2.46. The molecule has 1 unspecified atom stereocenters. The minimum Gasteiger partial charge on any atom is -0.481 e. The van der Waals surface area contributed by atoms with Crippen LogP contribution in [-0.2, 0) is 44.9 Å². The highest BCUT2D eigenvalue weighted by molar-refractivity contribution is 8.06. The predicted octanol–water partition coefficient (Wildman–Crippen LogP) is 3.25. The maximum absolute atomic E-state index is 12.6. The summed E-state index contributed by atoms with van der Waals surface area (Å²) in [5.41, 5.74) is 15.0. The van der Waals surface area contributed by atoms with Gasteiger partial charge in [0.2, 0.25) is 5.91 Å². The third-order valence-electron chi connectivity index (χ3n) is 9.42. The van der Waals surface area contributed by atoms with E-state index in [1.807, 2.05) is 45.5 Å². The number of carbonyl (C=O) groups is 4. The predicted molar refractivity (Wildman–Crippen MR) is 172 cm³/mol. The van der Waals surface area contributed by atoms with Crippen molar-refractivity contribution in [3.63, 3.8) is 0 Å². The Morgan fingerprint density at radius 2 is 1.60 bits per heavy atom. The first-order valence-corrected chi connectivity index (χ1v) is 16.3. The molecule has 240 valence electrons. The van der Waals surface area contributed by atoms with Gasteiger partial charge in [0.1, 0.15) is 0 Å². The summed E-state index contributed by atoms with van der Waals surface area (Å²) in [4.78, 5) is 55.3. The molecule has 2 aromatic rings. The molecule has 11 nitrogen and oxygen atoms in total. The quantitative estimate of drug-likeness (QED) is 0.163. The smallest absolute Gasteiger partial charge is 0.303 e. The molecule has 0 bridgehead atoms. The van der Waals surface area contributed by atoms with Crippen molar-refractivity contribution in [1.82, 2.24) is 20.6 Å². The number of H-pyrrole nitrogens is 2. The molecule has 2 aromatic heterocycles. The van der Waals surface area contributed by atoms with E-state index in [2.05, 4.69) is 20.6 Å². The van der Waals surface area contributed by atoms with Crippen molar-refractivity contribution >= 4 is 41.6 Å². The van der Waals surface area contributed by atoms with Gasteiger partial charge in [-0.2, -0.15) is 11.8 Å². The molecule has 4 atom stereocenters. The van der Waals surface area contributed by atoms with Gasteiger partial charge in [0, 0.05) is 82.6 Å². The lowest BCUT2D eigenvalue weighted by molar-refractivity contribution is -0.138. The number of nitrogens with one attached hydrogen (secondary N) is 4. The standard InChI is InChI=1S/C33H41N5O6S/c1-15-19(5-7-29(39)40)25(35-22(15)11-24-17(3)21(9-10-34)33(44)37-24)13-26-20(6-8-30(41)42)16(2)23(36-26)12-27-31(28-14-45-28)18(4)32(43)38-27/h9-10,12,18,24,28,31,35-36H,5-8,11,13-14,34H2,1-4H3,(H,37,44)(H,38,43)(H,39,40)(H,41,42)/b10-9-,27-12-/t18-,24-,28?,31-/m1/s1. The van der Waals surface area contributed by atoms with Crippen molar-refractivity contribution in [3.8, 4) is 0 Å². The fourth-order valence-corrected chi connectivity index (χ4v) is 7.62. The minimum atomic E-state index is -0.897. The Hall–Kier alpha value is -4.19. The third kappa shape index (κ3) is 6.75. The zero-order valence-electron chi connectivity index (χ0n) is 26.0. The maximum atomic E-state index is 12.6. The Bertz CT molecular complexity index is 1640. The Labute approximate surface area is 266 Å². The molecular formula is C33H41N5O6S. The van der Waals surface area contributed by atoms with Gasteiger partial charge in [-0.3, -0.25) is 19.2 Å². The highest BCUT2D eigenvalue weighted by atomic mass is 32.2. The van der Waals surface area contributed by atoms with E-state index >= 15 is 0 Å². The lowest BCUT2D eigenvalue weighted by Gasteiger charge is -2.12. The lowest BCUT2D eigenvalue weighted by Crippen LogP contribution is -2.30. The minimum absolute atomic E-state index is 0.0152. The molecular weight excluding hydrogens is 594 g/mol. The Morgan fingerprint density at radius 1 is 0.978 bits per heavy atom. The van der Waals surface area contributed by atoms with Gasteiger partial charge in [-0.15, -0.1) is 0 Å². The first-order chi connectivity index (χ1) is 21.4. The van der Waals surface area contributed by atoms with Gasteiger partial charge in [-0.05, 0) is 79.8 Å². The molecule has 8 N–H and O–H groups in total. The van der Waals surface area contributed by atoms with Crippen LogP contribution in [0.15, 0.2) is 29.1 Å². The average molecular weight is 636 g/mol. The molecule has 12 heteroatoms. The van der Waals surface area contributed by atoms with Crippen LogP contribution in [0.1, 0.15) is 71.7 Å². The first-order valence-electron chi connectivity index (χ1n) is 15.3. The second kappa shape index (κ2) is 13.0. The number of allylic oxidation sites excluding steroid dienone is 1. The SMILES string of the molecule is CC1=C(/C=C\N)C(=O)N[C@@H]1Cc1[nH]c(Cc2[nH]c(/C=C3\NC(=O)[C@H](C)[C@H]3C3CS3)c(C)c2CCC(=O)O)c(CCC(=O)O)c1C. The number of hydrogen-bond donors (Lipinski definition) is 7. The number of hydrogen-bond acceptors (Lipinski definition) is 6. The first kappa shape index (κ1) is 32.2. The van der Waals surface area contributed by atoms with Crippen molar-refractivity contribution in [1.29, 1.82) is 0 Å². The van der Waals surface area contributed by atoms with Crippen LogP contribution in [0.3, 0.4) is 0 Å². The van der Waals surface area contributed by atoms with Crippen molar-refractivity contribution in [3.05, 3.63) is 74.1 Å². The van der Waals surface area contributed by atoms with E-state index in [1.165, 1.54) is 6.20 Å². The van der Waals surface area contributed by atoms with Crippen LogP contribution in [-0.4, -0.2) is 61.0 Å². The van der Waals surface area contributed by atoms with Gasteiger partial charge in [0.05, 0.1) is 6.04 Å². The summed E-state index contributed by atoms with van der Waals surface area (Å²) in [6, 6.07) is -0.236. The molecule has 2 amide bonds. The second-order valence-corrected chi connectivity index (χ2v) is 13.5. The van der Waals surface area contributed by atoms with Crippen molar-refractivity contribution in [2.75, 3.05) is 5.75 Å². The lowest BCUT2D eigenvalue weighted by atomic mass is 9.91. The number of thioether (sulfide) groups is 1. The van der Waals surface area contributed by atoms with Gasteiger partial charge in [0.25, 0.3) is 5.91 Å². The van der Waals surface area contributed by atoms with Gasteiger partial charge >= 0.3 is 11.9 Å². The molecule has 5 heterocycles. The molecule has 5 rings (SSSR count). The molecule has 45 heavy (non-hydrogen) atoms. The zero-order chi connectivity index (χ0) is 32.6. The Kier molecular flexibility index (Phi) is 9.33. The van der Waals surface area contributed by atoms with Crippen molar-refractivity contribution in [2.24, 2.45) is 17.6 Å². The number of aromatic nitrogens is 2. The molecule has 3 aliphatic rings. The summed E-state index contributed by atoms with van der Waals surface area (Å²) in [5.74, 6) is -0.931. The number of carboxylic acids is 2. The average Bonchev–Trinajstić information content (AvgIpc) is 3.56. The fourth-order valence-electron chi connectivity index (χ4n) is 6.72. The van der Waals surface area contributed by atoms with Crippen LogP contribution in [0, 0.1) is 25.7 Å². The molecule has 0 saturated carbocycles. The van der Waals surface area contributed by atoms with Gasteiger partial charge in [-0.1, -0.05) is 6.92 Å². The number of carboxylic acid groups (broad SMARTS) is 2. The molecule has 3 aliphatic heterocycles. The van der Waals surface area contributed by atoms with Gasteiger partial charge in [0.15, 0.2) is 0 Å². The van der Waals surface area contributed by atoms with Crippen LogP contribution in [0.25, 0.3) is 6.08 Å². The summed E-state index contributed by atoms with van der Waals surface area (Å²) in [5, 5.41) is 25.5. The van der Waals surface area contributed by atoms with E-state index in [0.717, 1.165) is 62.1 Å². The highest BCUT2D eigenvalue weighted by Gasteiger charge is 2.45.